The third kappa shape index (κ3) is 12.4. The number of rotatable bonds is 17. The van der Waals surface area contributed by atoms with Crippen LogP contribution in [0.2, 0.25) is 0 Å². The zero-order valence-electron chi connectivity index (χ0n) is 37.1. The summed E-state index contributed by atoms with van der Waals surface area (Å²) in [5, 5.41) is 30.1. The second-order valence-corrected chi connectivity index (χ2v) is 20.4. The van der Waals surface area contributed by atoms with Gasteiger partial charge in [-0.15, -0.1) is 23.5 Å². The number of hydrogen-bond donors (Lipinski definition) is 6. The fraction of sp³-hybridized carbons (Fsp3) is 0.375. The second kappa shape index (κ2) is 22.4. The minimum absolute atomic E-state index is 0.197. The van der Waals surface area contributed by atoms with E-state index in [-0.39, 0.29) is 35.8 Å². The predicted octanol–water partition coefficient (Wildman–Crippen LogP) is 3.96. The number of carbonyl (C=O) groups is 6. The molecule has 4 aromatic rings. The number of para-hydroxylation sites is 2. The molecule has 4 amide bonds. The molecule has 18 heteroatoms. The summed E-state index contributed by atoms with van der Waals surface area (Å²) in [7, 11) is 0. The van der Waals surface area contributed by atoms with E-state index in [1.54, 1.807) is 76.2 Å². The first kappa shape index (κ1) is 49.4. The molecule has 66 heavy (non-hydrogen) atoms. The molecule has 0 aromatic heterocycles. The molecular formula is C48H56N6O10S2. The molecule has 8 rings (SSSR count). The maximum atomic E-state index is 12.2. The number of carboxylic acid groups (broad SMARTS) is 2. The highest BCUT2D eigenvalue weighted by Gasteiger charge is 2.65. The molecule has 4 aromatic carbocycles. The van der Waals surface area contributed by atoms with Gasteiger partial charge in [-0.05, 0) is 63.1 Å². The Kier molecular flexibility index (Phi) is 16.8. The van der Waals surface area contributed by atoms with Crippen molar-refractivity contribution in [1.29, 1.82) is 0 Å². The summed E-state index contributed by atoms with van der Waals surface area (Å²) in [6.07, 6.45) is 0. The lowest BCUT2D eigenvalue weighted by atomic mass is 9.96. The quantitative estimate of drug-likeness (QED) is 0.0654. The van der Waals surface area contributed by atoms with Crippen LogP contribution in [0.4, 0.5) is 0 Å². The Balaban J connectivity index is 0.000000166. The average molecular weight is 941 g/mol. The molecule has 4 saturated heterocycles. The number of hydrogen-bond acceptors (Lipinski definition) is 12. The van der Waals surface area contributed by atoms with E-state index in [1.807, 2.05) is 24.3 Å². The van der Waals surface area contributed by atoms with Gasteiger partial charge in [0.05, 0.1) is 0 Å². The van der Waals surface area contributed by atoms with Crippen LogP contribution in [-0.4, -0.2) is 126 Å². The summed E-state index contributed by atoms with van der Waals surface area (Å²) in [5.41, 5.74) is 2.67. The first-order valence-electron chi connectivity index (χ1n) is 21.5. The van der Waals surface area contributed by atoms with Gasteiger partial charge in [0.1, 0.15) is 46.4 Å². The lowest BCUT2D eigenvalue weighted by Crippen LogP contribution is -2.70. The summed E-state index contributed by atoms with van der Waals surface area (Å²) in [6.45, 7) is 10.6. The first-order chi connectivity index (χ1) is 31.6. The molecule has 0 saturated carbocycles. The van der Waals surface area contributed by atoms with Crippen molar-refractivity contribution < 1.29 is 48.5 Å². The zero-order valence-corrected chi connectivity index (χ0v) is 38.8. The molecular weight excluding hydrogens is 885 g/mol. The number of nitrogens with zero attached hydrogens (tertiary/aromatic N) is 2. The Morgan fingerprint density at radius 1 is 0.545 bits per heavy atom. The van der Waals surface area contributed by atoms with Crippen molar-refractivity contribution in [3.05, 3.63) is 132 Å². The van der Waals surface area contributed by atoms with Crippen LogP contribution < -0.4 is 30.7 Å². The Bertz CT molecular complexity index is 2130. The molecule has 0 radical (unpaired) electrons. The fourth-order valence-corrected chi connectivity index (χ4v) is 11.1. The Labute approximate surface area is 392 Å². The molecule has 4 aliphatic rings. The maximum Gasteiger partial charge on any atom is 0.327 e. The van der Waals surface area contributed by atoms with Gasteiger partial charge in [-0.3, -0.25) is 19.2 Å². The predicted molar refractivity (Wildman–Crippen MR) is 251 cm³/mol. The summed E-state index contributed by atoms with van der Waals surface area (Å²) in [4.78, 5) is 74.0. The van der Waals surface area contributed by atoms with Gasteiger partial charge in [-0.2, -0.15) is 0 Å². The largest absolute Gasteiger partial charge is 0.484 e. The number of benzene rings is 4. The second-order valence-electron chi connectivity index (χ2n) is 16.8. The minimum atomic E-state index is -1.03. The number of carbonyl (C=O) groups excluding carboxylic acids is 4. The van der Waals surface area contributed by atoms with Crippen molar-refractivity contribution in [2.75, 3.05) is 26.3 Å². The minimum Gasteiger partial charge on any atom is -0.484 e. The number of aliphatic carboxylic acids is 2. The number of carboxylic acids is 2. The standard InChI is InChI=1S/2C16H18N2O5S.C16H20N2/c2*1-16(2)12(15(21)22)18-13(20)11(14(18)24-16)17-10(19)8-23-9-6-4-3-5-7-9;1-3-7-15(8-4-1)13-17-11-12-18-14-16-9-5-2-6-10-16/h2*3-7,11-12,14H,8H2,1-2H3,(H,17,19)(H,21,22);1-10,17-18H,11-14H2/t2*11-,12?,14+;/m11./s1. The first-order valence-corrected chi connectivity index (χ1v) is 23.2. The number of β-lactam (4-membered cyclic amide) rings is 2. The Morgan fingerprint density at radius 3 is 1.18 bits per heavy atom. The van der Waals surface area contributed by atoms with Gasteiger partial charge in [-0.1, -0.05) is 97.1 Å². The van der Waals surface area contributed by atoms with Crippen molar-refractivity contribution >= 4 is 59.1 Å². The average Bonchev–Trinajstić information content (AvgIpc) is 3.73. The van der Waals surface area contributed by atoms with Gasteiger partial charge in [0.25, 0.3) is 11.8 Å². The Morgan fingerprint density at radius 2 is 0.864 bits per heavy atom. The van der Waals surface area contributed by atoms with Gasteiger partial charge in [-0.25, -0.2) is 9.59 Å². The fourth-order valence-electron chi connectivity index (χ4n) is 7.89. The van der Waals surface area contributed by atoms with Crippen molar-refractivity contribution in [2.24, 2.45) is 0 Å². The highest BCUT2D eigenvalue weighted by Crippen LogP contribution is 2.51. The summed E-state index contributed by atoms with van der Waals surface area (Å²) >= 11 is 2.78. The lowest BCUT2D eigenvalue weighted by molar-refractivity contribution is -0.161. The molecule has 350 valence electrons. The van der Waals surface area contributed by atoms with Gasteiger partial charge in [0.15, 0.2) is 13.2 Å². The van der Waals surface area contributed by atoms with Crippen molar-refractivity contribution in [2.45, 2.75) is 85.2 Å². The summed E-state index contributed by atoms with van der Waals surface area (Å²) in [6, 6.07) is 35.6. The number of fused-ring (bicyclic) bond motifs is 2. The van der Waals surface area contributed by atoms with Crippen LogP contribution in [0.5, 0.6) is 11.5 Å². The molecule has 6 atom stereocenters. The van der Waals surface area contributed by atoms with Crippen molar-refractivity contribution in [1.82, 2.24) is 31.1 Å². The van der Waals surface area contributed by atoms with E-state index in [0.29, 0.717) is 11.5 Å². The highest BCUT2D eigenvalue weighted by molar-refractivity contribution is 8.02. The number of thioether (sulfide) groups is 2. The van der Waals surface area contributed by atoms with E-state index >= 15 is 0 Å². The number of ether oxygens (including phenoxy) is 2. The third-order valence-corrected chi connectivity index (χ3v) is 14.2. The van der Waals surface area contributed by atoms with Crippen LogP contribution in [0.3, 0.4) is 0 Å². The maximum absolute atomic E-state index is 12.2. The molecule has 4 aliphatic heterocycles. The van der Waals surface area contributed by atoms with Crippen LogP contribution >= 0.6 is 23.5 Å². The lowest BCUT2D eigenvalue weighted by Gasteiger charge is -2.43. The Hall–Kier alpha value is -6.08. The number of nitrogens with one attached hydrogen (secondary N) is 4. The van der Waals surface area contributed by atoms with Crippen LogP contribution in [-0.2, 0) is 41.9 Å². The normalized spacial score (nSPS) is 22.6. The van der Waals surface area contributed by atoms with Crippen molar-refractivity contribution in [3.63, 3.8) is 0 Å². The van der Waals surface area contributed by atoms with Crippen LogP contribution in [0.15, 0.2) is 121 Å². The molecule has 4 heterocycles. The van der Waals surface area contributed by atoms with Crippen LogP contribution in [0, 0.1) is 0 Å². The number of amides is 4. The highest BCUT2D eigenvalue weighted by atomic mass is 32.2. The molecule has 0 spiro atoms. The van der Waals surface area contributed by atoms with Gasteiger partial charge in [0, 0.05) is 35.7 Å². The molecule has 0 bridgehead atoms. The van der Waals surface area contributed by atoms with Crippen molar-refractivity contribution in [3.8, 4) is 11.5 Å². The van der Waals surface area contributed by atoms with Gasteiger partial charge in [0.2, 0.25) is 11.8 Å². The molecule has 16 nitrogen and oxygen atoms in total. The third-order valence-electron chi connectivity index (χ3n) is 11.0. The van der Waals surface area contributed by atoms with Gasteiger partial charge >= 0.3 is 11.9 Å². The summed E-state index contributed by atoms with van der Waals surface area (Å²) in [5.74, 6) is -2.46. The van der Waals surface area contributed by atoms with Crippen LogP contribution in [0.1, 0.15) is 38.8 Å². The molecule has 4 fully saturated rings. The topological polar surface area (TPSA) is 216 Å². The SMILES string of the molecule is CC1(C)S[C@H]2[C@H](NC(=O)COc3ccccc3)C(=O)N2C1C(=O)O.CC1(C)S[C@H]2[C@H](NC(=O)COc3ccccc3)C(=O)N2C1C(=O)O.c1ccc(CNCCNCc2ccccc2)cc1. The van der Waals surface area contributed by atoms with E-state index in [9.17, 15) is 39.0 Å². The van der Waals surface area contributed by atoms with Crippen LogP contribution in [0.25, 0.3) is 0 Å². The van der Waals surface area contributed by atoms with E-state index in [2.05, 4.69) is 69.8 Å². The zero-order chi connectivity index (χ0) is 47.4. The molecule has 0 aliphatic carbocycles. The van der Waals surface area contributed by atoms with E-state index in [4.69, 9.17) is 9.47 Å². The van der Waals surface area contributed by atoms with E-state index in [1.165, 1.54) is 44.5 Å². The van der Waals surface area contributed by atoms with Gasteiger partial charge < -0.3 is 50.8 Å². The molecule has 6 N–H and O–H groups in total. The smallest absolute Gasteiger partial charge is 0.327 e. The summed E-state index contributed by atoms with van der Waals surface area (Å²) < 4.78 is 9.48. The molecule has 2 unspecified atom stereocenters. The van der Waals surface area contributed by atoms with E-state index < -0.39 is 57.4 Å². The van der Waals surface area contributed by atoms with E-state index in [0.717, 1.165) is 26.2 Å². The monoisotopic (exact) mass is 940 g/mol.